The maximum atomic E-state index is 12.3. The van der Waals surface area contributed by atoms with Gasteiger partial charge in [0.2, 0.25) is 11.9 Å². The Balaban J connectivity index is 1.47. The zero-order valence-corrected chi connectivity index (χ0v) is 15.7. The second kappa shape index (κ2) is 7.86. The summed E-state index contributed by atoms with van der Waals surface area (Å²) in [5.74, 6) is 1.04. The first-order valence-corrected chi connectivity index (χ1v) is 9.77. The van der Waals surface area contributed by atoms with Gasteiger partial charge in [-0.05, 0) is 37.5 Å². The summed E-state index contributed by atoms with van der Waals surface area (Å²) in [5, 5.41) is 2.86. The lowest BCUT2D eigenvalue weighted by atomic mass is 9.86. The quantitative estimate of drug-likeness (QED) is 0.729. The molecule has 1 amide bonds. The Morgan fingerprint density at radius 2 is 2.04 bits per heavy atom. The summed E-state index contributed by atoms with van der Waals surface area (Å²) in [7, 11) is 0. The highest BCUT2D eigenvalue weighted by molar-refractivity contribution is 5.89. The van der Waals surface area contributed by atoms with E-state index in [-0.39, 0.29) is 5.91 Å². The van der Waals surface area contributed by atoms with E-state index in [1.807, 2.05) is 41.8 Å². The van der Waals surface area contributed by atoms with Crippen molar-refractivity contribution in [3.05, 3.63) is 42.4 Å². The van der Waals surface area contributed by atoms with Crippen molar-refractivity contribution in [3.8, 4) is 11.4 Å². The van der Waals surface area contributed by atoms with E-state index in [9.17, 15) is 4.79 Å². The Hall–Kier alpha value is -2.76. The first kappa shape index (κ1) is 17.6. The molecule has 27 heavy (non-hydrogen) atoms. The van der Waals surface area contributed by atoms with Gasteiger partial charge >= 0.3 is 0 Å². The van der Waals surface area contributed by atoms with Crippen molar-refractivity contribution in [2.75, 3.05) is 5.32 Å². The van der Waals surface area contributed by atoms with Crippen molar-refractivity contribution < 1.29 is 4.79 Å². The smallest absolute Gasteiger partial charge is 0.229 e. The molecule has 0 aromatic carbocycles. The third-order valence-electron chi connectivity index (χ3n) is 5.36. The fourth-order valence-electron chi connectivity index (χ4n) is 3.97. The van der Waals surface area contributed by atoms with Crippen molar-refractivity contribution in [3.63, 3.8) is 0 Å². The van der Waals surface area contributed by atoms with Gasteiger partial charge in [-0.15, -0.1) is 0 Å². The summed E-state index contributed by atoms with van der Waals surface area (Å²) >= 11 is 0. The van der Waals surface area contributed by atoms with Crippen molar-refractivity contribution in [2.24, 2.45) is 5.92 Å². The van der Waals surface area contributed by atoms with Crippen LogP contribution in [-0.2, 0) is 4.79 Å². The van der Waals surface area contributed by atoms with Crippen molar-refractivity contribution in [1.29, 1.82) is 0 Å². The fraction of sp³-hybridized carbons (Fsp3) is 0.429. The molecule has 1 fully saturated rings. The number of carbonyl (C=O) groups excluding carboxylic acids is 1. The summed E-state index contributed by atoms with van der Waals surface area (Å²) in [5.41, 5.74) is 3.45. The van der Waals surface area contributed by atoms with E-state index in [0.717, 1.165) is 29.1 Å². The molecule has 6 heteroatoms. The van der Waals surface area contributed by atoms with Crippen LogP contribution >= 0.6 is 0 Å². The Labute approximate surface area is 159 Å². The number of fused-ring (bicyclic) bond motifs is 1. The number of anilines is 1. The standard InChI is InChI=1S/C21H25N5O/c1-15-20(26-14-6-5-9-18(26)23-15)17-12-13-22-21(24-17)25-19(27)11-10-16-7-3-2-4-8-16/h5-6,9,12-14,16H,2-4,7-8,10-11H2,1H3,(H,22,24,25,27). The second-order valence-electron chi connectivity index (χ2n) is 7.33. The van der Waals surface area contributed by atoms with Gasteiger partial charge in [-0.1, -0.05) is 38.2 Å². The molecule has 4 rings (SSSR count). The number of hydrogen-bond acceptors (Lipinski definition) is 4. The summed E-state index contributed by atoms with van der Waals surface area (Å²) in [6.45, 7) is 1.97. The number of aryl methyl sites for hydroxylation is 1. The first-order valence-electron chi connectivity index (χ1n) is 9.77. The second-order valence-corrected chi connectivity index (χ2v) is 7.33. The van der Waals surface area contributed by atoms with E-state index in [1.54, 1.807) is 6.20 Å². The number of amides is 1. The number of aromatic nitrogens is 4. The number of hydrogen-bond donors (Lipinski definition) is 1. The lowest BCUT2D eigenvalue weighted by molar-refractivity contribution is -0.116. The molecular formula is C21H25N5O. The van der Waals surface area contributed by atoms with Gasteiger partial charge < -0.3 is 0 Å². The van der Waals surface area contributed by atoms with Gasteiger partial charge in [0.05, 0.1) is 17.1 Å². The van der Waals surface area contributed by atoms with Crippen molar-refractivity contribution in [2.45, 2.75) is 51.9 Å². The van der Waals surface area contributed by atoms with Crippen LogP contribution in [0.4, 0.5) is 5.95 Å². The summed E-state index contributed by atoms with van der Waals surface area (Å²) < 4.78 is 2.01. The molecule has 0 unspecified atom stereocenters. The summed E-state index contributed by atoms with van der Waals surface area (Å²) in [4.78, 5) is 25.7. The highest BCUT2D eigenvalue weighted by Gasteiger charge is 2.16. The largest absolute Gasteiger partial charge is 0.298 e. The lowest BCUT2D eigenvalue weighted by Gasteiger charge is -2.20. The first-order chi connectivity index (χ1) is 13.2. The minimum atomic E-state index is -0.00686. The van der Waals surface area contributed by atoms with Crippen LogP contribution in [-0.4, -0.2) is 25.3 Å². The lowest BCUT2D eigenvalue weighted by Crippen LogP contribution is -2.16. The van der Waals surface area contributed by atoms with Crippen LogP contribution in [0.5, 0.6) is 0 Å². The van der Waals surface area contributed by atoms with Crippen molar-refractivity contribution in [1.82, 2.24) is 19.4 Å². The van der Waals surface area contributed by atoms with Gasteiger partial charge in [-0.25, -0.2) is 15.0 Å². The predicted molar refractivity (Wildman–Crippen MR) is 105 cm³/mol. The summed E-state index contributed by atoms with van der Waals surface area (Å²) in [6.07, 6.45) is 11.6. The number of carbonyl (C=O) groups is 1. The molecule has 0 radical (unpaired) electrons. The SMILES string of the molecule is Cc1nc2ccccn2c1-c1ccnc(NC(=O)CCC2CCCCC2)n1. The van der Waals surface area contributed by atoms with E-state index < -0.39 is 0 Å². The normalized spacial score (nSPS) is 15.1. The van der Waals surface area contributed by atoms with Gasteiger partial charge in [0.25, 0.3) is 0 Å². The highest BCUT2D eigenvalue weighted by atomic mass is 16.1. The van der Waals surface area contributed by atoms with Crippen LogP contribution in [0.1, 0.15) is 50.6 Å². The number of nitrogens with one attached hydrogen (secondary N) is 1. The maximum Gasteiger partial charge on any atom is 0.229 e. The molecule has 0 spiro atoms. The minimum absolute atomic E-state index is 0.00686. The van der Waals surface area contributed by atoms with Gasteiger partial charge in [-0.3, -0.25) is 14.5 Å². The number of pyridine rings is 1. The topological polar surface area (TPSA) is 72.2 Å². The third kappa shape index (κ3) is 3.99. The number of rotatable bonds is 5. The van der Waals surface area contributed by atoms with E-state index in [4.69, 9.17) is 0 Å². The maximum absolute atomic E-state index is 12.3. The zero-order valence-electron chi connectivity index (χ0n) is 15.7. The fourth-order valence-corrected chi connectivity index (χ4v) is 3.97. The molecule has 0 saturated heterocycles. The molecule has 1 saturated carbocycles. The molecule has 3 aromatic rings. The van der Waals surface area contributed by atoms with Crippen LogP contribution in [0.25, 0.3) is 17.0 Å². The molecule has 1 aliphatic rings. The van der Waals surface area contributed by atoms with E-state index in [2.05, 4.69) is 20.3 Å². The average Bonchev–Trinajstić information content (AvgIpc) is 3.03. The number of nitrogens with zero attached hydrogens (tertiary/aromatic N) is 4. The molecule has 1 aliphatic carbocycles. The third-order valence-corrected chi connectivity index (χ3v) is 5.36. The minimum Gasteiger partial charge on any atom is -0.298 e. The van der Waals surface area contributed by atoms with Crippen LogP contribution in [0.15, 0.2) is 36.7 Å². The van der Waals surface area contributed by atoms with E-state index >= 15 is 0 Å². The Morgan fingerprint density at radius 3 is 2.89 bits per heavy atom. The number of imidazole rings is 1. The molecule has 0 aliphatic heterocycles. The van der Waals surface area contributed by atoms with Crippen LogP contribution in [0, 0.1) is 12.8 Å². The summed E-state index contributed by atoms with van der Waals surface area (Å²) in [6, 6.07) is 7.74. The van der Waals surface area contributed by atoms with Crippen molar-refractivity contribution >= 4 is 17.5 Å². The van der Waals surface area contributed by atoms with Gasteiger partial charge in [0, 0.05) is 18.8 Å². The van der Waals surface area contributed by atoms with Crippen LogP contribution in [0.2, 0.25) is 0 Å². The molecular weight excluding hydrogens is 338 g/mol. The van der Waals surface area contributed by atoms with Gasteiger partial charge in [-0.2, -0.15) is 0 Å². The monoisotopic (exact) mass is 363 g/mol. The van der Waals surface area contributed by atoms with Gasteiger partial charge in [0.1, 0.15) is 5.65 Å². The molecule has 1 N–H and O–H groups in total. The highest BCUT2D eigenvalue weighted by Crippen LogP contribution is 2.27. The molecule has 6 nitrogen and oxygen atoms in total. The van der Waals surface area contributed by atoms with E-state index in [0.29, 0.717) is 18.3 Å². The molecule has 0 atom stereocenters. The predicted octanol–water partition coefficient (Wildman–Crippen LogP) is 4.40. The molecule has 0 bridgehead atoms. The molecule has 3 heterocycles. The zero-order chi connectivity index (χ0) is 18.6. The Bertz CT molecular complexity index is 943. The van der Waals surface area contributed by atoms with Gasteiger partial charge in [0.15, 0.2) is 0 Å². The van der Waals surface area contributed by atoms with Crippen LogP contribution < -0.4 is 5.32 Å². The average molecular weight is 363 g/mol. The Kier molecular flexibility index (Phi) is 5.14. The van der Waals surface area contributed by atoms with Crippen LogP contribution in [0.3, 0.4) is 0 Å². The Morgan fingerprint density at radius 1 is 1.19 bits per heavy atom. The van der Waals surface area contributed by atoms with E-state index in [1.165, 1.54) is 32.1 Å². The molecule has 140 valence electrons. The molecule has 3 aromatic heterocycles.